The van der Waals surface area contributed by atoms with Gasteiger partial charge in [0.15, 0.2) is 27.8 Å². The first-order valence-corrected chi connectivity index (χ1v) is 48.2. The van der Waals surface area contributed by atoms with E-state index in [1.807, 2.05) is 66.7 Å². The number of hydrogen-bond acceptors (Lipinski definition) is 10. The highest BCUT2D eigenvalue weighted by Gasteiger charge is 2.58. The van der Waals surface area contributed by atoms with Gasteiger partial charge in [-0.05, 0) is 261 Å². The topological polar surface area (TPSA) is 174 Å². The quantitative estimate of drug-likeness (QED) is 0.0243. The molecule has 0 saturated heterocycles. The van der Waals surface area contributed by atoms with E-state index in [9.17, 15) is 66.3 Å². The summed E-state index contributed by atoms with van der Waals surface area (Å²) in [4.78, 5) is 12.5. The Morgan fingerprint density at radius 2 is 0.991 bits per heavy atom. The number of Topliss-reactive ketones (excluding diaryl/α,β-unsaturated/α-hetero) is 1. The molecule has 624 valence electrons. The smallest absolute Gasteiger partial charge is 0.413 e. The number of rotatable bonds is 25. The fourth-order valence-corrected chi connectivity index (χ4v) is 23.6. The predicted molar refractivity (Wildman–Crippen MR) is 451 cm³/mol. The molecule has 0 amide bonds. The standard InChI is InChI=1S/C33H51F3O4.C33H51O3PSi2.C24H39F3O3.H2S/c1-22-24(20-25(37)21-27(22)38)12-11-23-10-7-18-31(5)26(23)13-14-28(31)30(4,16-8-15-29(2,3)39)17-9-19-32(6,40)33(34,35)36;1-26-27(22-23-37(34,29-18-14-12-15-19-29)30-20-16-13-17-21-30)24-28(35-38(8,9)32(2,3)4)25-31(26)36-39(10,11)33(5,6)7;1-20(2,29)12-7-13-21(3,14-8-16-23(5,30)24(25,26)27)19-11-10-17-18(28)9-6-15-22(17,19)4;/h9,11-12,19,25-28,37-40H,1,7-8,10,13-18,20-21H2,2-6H3;12-22,28,31H,1,23-25H2,2-11H3;8,16-17,19,29-30H,6-7,9-15H2,1-5H3;1H2/b19-9-,23-11+,24-12-;27-22-;16-8-;/t25-,26?,27+,28?,30?,31+,32?;28?,31-;17?,19?,21?,22-,23?;/m100./s1. The Balaban J connectivity index is 0.000000297. The fraction of sp³-hybridized carbons (Fsp3) is 0.700. The molecule has 14 atom stereocenters. The van der Waals surface area contributed by atoms with Crippen LogP contribution in [0.5, 0.6) is 0 Å². The Hall–Kier alpha value is -3.44. The van der Waals surface area contributed by atoms with E-state index in [4.69, 9.17) is 8.85 Å². The molecule has 2 aromatic rings. The summed E-state index contributed by atoms with van der Waals surface area (Å²) < 4.78 is 108. The molecular formula is C90H143F6O10PSSi2. The molecule has 10 nitrogen and oxygen atoms in total. The van der Waals surface area contributed by atoms with E-state index in [0.717, 1.165) is 150 Å². The van der Waals surface area contributed by atoms with E-state index in [0.29, 0.717) is 68.4 Å². The van der Waals surface area contributed by atoms with Gasteiger partial charge in [0.1, 0.15) is 12.9 Å². The van der Waals surface area contributed by atoms with Gasteiger partial charge in [-0.25, -0.2) is 0 Å². The summed E-state index contributed by atoms with van der Waals surface area (Å²) in [7, 11) is -6.90. The lowest BCUT2D eigenvalue weighted by Gasteiger charge is -2.49. The molecule has 2 aromatic carbocycles. The highest BCUT2D eigenvalue weighted by molar-refractivity contribution is 7.78. The minimum Gasteiger partial charge on any atom is -0.413 e. The van der Waals surface area contributed by atoms with Crippen molar-refractivity contribution in [2.24, 2.45) is 45.3 Å². The second kappa shape index (κ2) is 37.0. The number of ketones is 1. The summed E-state index contributed by atoms with van der Waals surface area (Å²) in [5.41, 5.74) is -2.98. The van der Waals surface area contributed by atoms with Gasteiger partial charge in [-0.2, -0.15) is 39.8 Å². The van der Waals surface area contributed by atoms with Crippen molar-refractivity contribution >= 4 is 53.7 Å². The number of hydrogen-bond donors (Lipinski definition) is 6. The van der Waals surface area contributed by atoms with Crippen LogP contribution >= 0.6 is 20.6 Å². The average molecular weight is 1620 g/mol. The van der Waals surface area contributed by atoms with Crippen molar-refractivity contribution < 1.29 is 75.2 Å². The van der Waals surface area contributed by atoms with Crippen LogP contribution in [0.4, 0.5) is 26.3 Å². The number of fused-ring (bicyclic) bond motifs is 2. The van der Waals surface area contributed by atoms with Crippen LogP contribution in [0.15, 0.2) is 144 Å². The van der Waals surface area contributed by atoms with Crippen LogP contribution in [0.1, 0.15) is 252 Å². The van der Waals surface area contributed by atoms with Gasteiger partial charge >= 0.3 is 12.4 Å². The van der Waals surface area contributed by atoms with Crippen LogP contribution in [0.25, 0.3) is 0 Å². The summed E-state index contributed by atoms with van der Waals surface area (Å²) >= 11 is 0. The number of halogens is 6. The molecule has 110 heavy (non-hydrogen) atoms. The van der Waals surface area contributed by atoms with E-state index in [-0.39, 0.29) is 75.2 Å². The summed E-state index contributed by atoms with van der Waals surface area (Å²) in [5, 5.41) is 62.6. The normalized spacial score (nSPS) is 29.0. The van der Waals surface area contributed by atoms with E-state index in [1.54, 1.807) is 27.7 Å². The summed E-state index contributed by atoms with van der Waals surface area (Å²) in [6.07, 6.45) is 17.6. The number of carbonyl (C=O) groups is 1. The van der Waals surface area contributed by atoms with Gasteiger partial charge in [0, 0.05) is 42.0 Å². The third-order valence-corrected chi connectivity index (χ3v) is 39.2. The van der Waals surface area contributed by atoms with Crippen molar-refractivity contribution in [1.29, 1.82) is 0 Å². The number of aliphatic hydroxyl groups is 6. The van der Waals surface area contributed by atoms with E-state index >= 15 is 0 Å². The maximum atomic E-state index is 14.7. The summed E-state index contributed by atoms with van der Waals surface area (Å²) in [5.74, 6) is 1.23. The number of allylic oxidation sites excluding steroid dienone is 6. The predicted octanol–water partition coefficient (Wildman–Crippen LogP) is 22.5. The maximum Gasteiger partial charge on any atom is 0.420 e. The largest absolute Gasteiger partial charge is 0.420 e. The van der Waals surface area contributed by atoms with Gasteiger partial charge in [0.2, 0.25) is 0 Å². The summed E-state index contributed by atoms with van der Waals surface area (Å²) in [6.45, 7) is 49.0. The van der Waals surface area contributed by atoms with Crippen molar-refractivity contribution in [2.75, 3.05) is 6.16 Å². The molecular weight excluding hydrogens is 1470 g/mol. The number of carbonyl (C=O) groups excluding carboxylic acids is 1. The lowest BCUT2D eigenvalue weighted by atomic mass is 9.55. The first-order chi connectivity index (χ1) is 49.7. The molecule has 6 fully saturated rings. The maximum absolute atomic E-state index is 14.7. The van der Waals surface area contributed by atoms with Crippen LogP contribution in [-0.2, 0) is 18.2 Å². The van der Waals surface area contributed by atoms with E-state index in [2.05, 4.69) is 121 Å². The molecule has 8 rings (SSSR count). The number of alkyl halides is 6. The molecule has 6 N–H and O–H groups in total. The molecule has 6 aliphatic carbocycles. The van der Waals surface area contributed by atoms with Crippen LogP contribution in [-0.4, -0.2) is 118 Å². The average Bonchev–Trinajstić information content (AvgIpc) is 1.57. The molecule has 0 aliphatic heterocycles. The Morgan fingerprint density at radius 1 is 0.564 bits per heavy atom. The van der Waals surface area contributed by atoms with Crippen LogP contribution in [0.2, 0.25) is 36.3 Å². The van der Waals surface area contributed by atoms with E-state index in [1.165, 1.54) is 17.7 Å². The van der Waals surface area contributed by atoms with Gasteiger partial charge in [-0.3, -0.25) is 4.79 Å². The van der Waals surface area contributed by atoms with Crippen LogP contribution < -0.4 is 10.6 Å². The molecule has 6 saturated carbocycles. The van der Waals surface area contributed by atoms with Crippen molar-refractivity contribution in [3.05, 3.63) is 144 Å². The van der Waals surface area contributed by atoms with Crippen molar-refractivity contribution in [2.45, 2.75) is 347 Å². The third kappa shape index (κ3) is 24.6. The Morgan fingerprint density at radius 3 is 1.43 bits per heavy atom. The molecule has 0 radical (unpaired) electrons. The molecule has 20 heteroatoms. The Bertz CT molecular complexity index is 3550. The molecule has 9 unspecified atom stereocenters. The first kappa shape index (κ1) is 97.1. The van der Waals surface area contributed by atoms with Gasteiger partial charge in [-0.15, -0.1) is 0 Å². The zero-order chi connectivity index (χ0) is 82.4. The molecule has 0 heterocycles. The monoisotopic (exact) mass is 1620 g/mol. The minimum absolute atomic E-state index is 0. The number of aliphatic hydroxyl groups excluding tert-OH is 2. The molecule has 0 spiro atoms. The van der Waals surface area contributed by atoms with Crippen molar-refractivity contribution in [3.63, 3.8) is 0 Å². The third-order valence-electron chi connectivity index (χ3n) is 27.2. The lowest BCUT2D eigenvalue weighted by molar-refractivity contribution is -0.232. The Kier molecular flexibility index (Phi) is 32.7. The lowest BCUT2D eigenvalue weighted by Crippen LogP contribution is -2.49. The molecule has 6 aliphatic rings. The minimum atomic E-state index is -4.74. The van der Waals surface area contributed by atoms with Gasteiger partial charge in [0.05, 0.1) is 35.6 Å². The van der Waals surface area contributed by atoms with Crippen molar-refractivity contribution in [1.82, 2.24) is 0 Å². The Labute approximate surface area is 668 Å². The van der Waals surface area contributed by atoms with E-state index < -0.39 is 70.7 Å². The number of benzene rings is 2. The second-order valence-electron chi connectivity index (χ2n) is 39.4. The SMILES string of the molecule is C=C1/C(=C\C=C2/CCC[C@@]3(C)C2CCC3C(C)(C/C=C\C(C)(O)C(F)(F)F)CCCC(C)(C)O)C[C@@H](O)C[C@@H]1O.C=C1/C(=C\CP(=O)(c2ccccc2)c2ccccc2)CC(O[Si](C)(C)C(C)(C)C)C[C@@H]1O[Si](C)(C)C(C)(C)C.CC(C)(O)CCCC(C)(C/C=C\C(C)(O)C(F)(F)F)C1CCC2C(=O)CCC[C@@]21C.S. The first-order valence-electron chi connectivity index (χ1n) is 40.5. The highest BCUT2D eigenvalue weighted by Crippen LogP contribution is 2.65. The van der Waals surface area contributed by atoms with Gasteiger partial charge in [-0.1, -0.05) is 192 Å². The zero-order valence-corrected chi connectivity index (χ0v) is 74.5. The summed E-state index contributed by atoms with van der Waals surface area (Å²) in [6, 6.07) is 19.8. The zero-order valence-electron chi connectivity index (χ0n) is 70.6. The highest BCUT2D eigenvalue weighted by atomic mass is 32.1. The van der Waals surface area contributed by atoms with Crippen molar-refractivity contribution in [3.8, 4) is 0 Å². The molecule has 0 aromatic heterocycles. The molecule has 0 bridgehead atoms. The fourth-order valence-electron chi connectivity index (χ4n) is 18.4. The second-order valence-corrected chi connectivity index (χ2v) is 51.8. The van der Waals surface area contributed by atoms with Gasteiger partial charge in [0.25, 0.3) is 0 Å². The van der Waals surface area contributed by atoms with Crippen LogP contribution in [0, 0.1) is 45.3 Å². The van der Waals surface area contributed by atoms with Crippen LogP contribution in [0.3, 0.4) is 0 Å². The van der Waals surface area contributed by atoms with Gasteiger partial charge < -0.3 is 44.1 Å².